The smallest absolute Gasteiger partial charge is 0.407 e. The van der Waals surface area contributed by atoms with E-state index in [4.69, 9.17) is 4.74 Å². The number of nitrogens with one attached hydrogen (secondary N) is 1. The zero-order valence-corrected chi connectivity index (χ0v) is 12.4. The fourth-order valence-electron chi connectivity index (χ4n) is 1.46. The Morgan fingerprint density at radius 1 is 1.40 bits per heavy atom. The van der Waals surface area contributed by atoms with E-state index in [1.807, 2.05) is 6.92 Å². The van der Waals surface area contributed by atoms with Crippen LogP contribution in [0.1, 0.15) is 25.3 Å². The number of ether oxygens (including phenoxy) is 1. The average Bonchev–Trinajstić information content (AvgIpc) is 2.44. The van der Waals surface area contributed by atoms with Crippen molar-refractivity contribution >= 4 is 15.9 Å². The molecule has 0 saturated heterocycles. The number of pyridine rings is 1. The van der Waals surface area contributed by atoms with Crippen LogP contribution in [0.4, 0.5) is 4.79 Å². The summed E-state index contributed by atoms with van der Waals surface area (Å²) in [5, 5.41) is 2.42. The van der Waals surface area contributed by atoms with Gasteiger partial charge in [0.15, 0.2) is 9.84 Å². The molecule has 0 atom stereocenters. The fourth-order valence-corrected chi connectivity index (χ4v) is 2.80. The normalized spacial score (nSPS) is 11.1. The number of unbranched alkanes of at least 4 members (excludes halogenated alkanes) is 1. The van der Waals surface area contributed by atoms with Gasteiger partial charge in [-0.3, -0.25) is 4.98 Å². The maximum atomic E-state index is 11.5. The predicted octanol–water partition coefficient (Wildman–Crippen LogP) is 1.52. The van der Waals surface area contributed by atoms with E-state index in [-0.39, 0.29) is 24.7 Å². The summed E-state index contributed by atoms with van der Waals surface area (Å²) in [5.74, 6) is 0.102. The van der Waals surface area contributed by atoms with E-state index in [2.05, 4.69) is 10.3 Å². The Bertz CT molecular complexity index is 502. The summed E-state index contributed by atoms with van der Waals surface area (Å²) < 4.78 is 28.0. The Kier molecular flexibility index (Phi) is 7.00. The van der Waals surface area contributed by atoms with Crippen molar-refractivity contribution < 1.29 is 17.9 Å². The minimum atomic E-state index is -3.09. The van der Waals surface area contributed by atoms with Gasteiger partial charge >= 0.3 is 6.09 Å². The molecule has 7 heteroatoms. The molecule has 0 bridgehead atoms. The summed E-state index contributed by atoms with van der Waals surface area (Å²) >= 11 is 0. The lowest BCUT2D eigenvalue weighted by Crippen LogP contribution is -2.30. The zero-order chi connectivity index (χ0) is 14.8. The molecule has 1 rings (SSSR count). The molecule has 1 amide bonds. The first-order valence-corrected chi connectivity index (χ1v) is 8.35. The van der Waals surface area contributed by atoms with Crippen LogP contribution in [0.5, 0.6) is 0 Å². The highest BCUT2D eigenvalue weighted by Gasteiger charge is 2.11. The van der Waals surface area contributed by atoms with Gasteiger partial charge in [0.1, 0.15) is 6.61 Å². The monoisotopic (exact) mass is 300 g/mol. The first kappa shape index (κ1) is 16.4. The molecule has 0 unspecified atom stereocenters. The van der Waals surface area contributed by atoms with Crippen molar-refractivity contribution in [2.75, 3.05) is 18.1 Å². The van der Waals surface area contributed by atoms with Crippen LogP contribution in [-0.4, -0.2) is 37.5 Å². The van der Waals surface area contributed by atoms with Crippen molar-refractivity contribution in [2.24, 2.45) is 0 Å². The molecule has 0 spiro atoms. The van der Waals surface area contributed by atoms with Gasteiger partial charge in [-0.25, -0.2) is 13.2 Å². The lowest BCUT2D eigenvalue weighted by molar-refractivity contribution is 0.140. The molecular weight excluding hydrogens is 280 g/mol. The molecule has 20 heavy (non-hydrogen) atoms. The molecule has 0 aliphatic heterocycles. The van der Waals surface area contributed by atoms with Crippen LogP contribution < -0.4 is 5.32 Å². The second-order valence-corrected chi connectivity index (χ2v) is 6.67. The number of nitrogens with zero attached hydrogens (tertiary/aromatic N) is 1. The highest BCUT2D eigenvalue weighted by molar-refractivity contribution is 7.91. The van der Waals surface area contributed by atoms with E-state index >= 15 is 0 Å². The molecule has 0 aromatic carbocycles. The number of hydrogen-bond donors (Lipinski definition) is 1. The Balaban J connectivity index is 2.20. The highest BCUT2D eigenvalue weighted by Crippen LogP contribution is 1.99. The molecule has 1 aromatic heterocycles. The van der Waals surface area contributed by atoms with E-state index in [0.29, 0.717) is 6.42 Å². The number of sulfone groups is 1. The Morgan fingerprint density at radius 3 is 2.85 bits per heavy atom. The van der Waals surface area contributed by atoms with Gasteiger partial charge in [-0.15, -0.1) is 0 Å². The topological polar surface area (TPSA) is 85.4 Å². The number of rotatable bonds is 8. The van der Waals surface area contributed by atoms with Crippen LogP contribution >= 0.6 is 0 Å². The Hall–Kier alpha value is -1.63. The number of alkyl carbamates (subject to hydrolysis) is 1. The molecular formula is C13H20N2O4S. The van der Waals surface area contributed by atoms with Gasteiger partial charge < -0.3 is 10.1 Å². The molecule has 6 nitrogen and oxygen atoms in total. The second-order valence-electron chi connectivity index (χ2n) is 4.37. The minimum Gasteiger partial charge on any atom is -0.445 e. The van der Waals surface area contributed by atoms with Gasteiger partial charge in [-0.1, -0.05) is 19.4 Å². The maximum Gasteiger partial charge on any atom is 0.407 e. The van der Waals surface area contributed by atoms with Crippen molar-refractivity contribution in [3.05, 3.63) is 30.1 Å². The molecule has 112 valence electrons. The number of hydrogen-bond acceptors (Lipinski definition) is 5. The molecule has 0 saturated carbocycles. The van der Waals surface area contributed by atoms with Crippen molar-refractivity contribution in [3.8, 4) is 0 Å². The maximum absolute atomic E-state index is 11.5. The molecule has 1 N–H and O–H groups in total. The van der Waals surface area contributed by atoms with Gasteiger partial charge in [0.05, 0.1) is 11.5 Å². The summed E-state index contributed by atoms with van der Waals surface area (Å²) in [4.78, 5) is 15.3. The molecule has 0 aliphatic rings. The molecule has 1 aromatic rings. The second kappa shape index (κ2) is 8.52. The summed E-state index contributed by atoms with van der Waals surface area (Å²) in [5.41, 5.74) is 0.776. The van der Waals surface area contributed by atoms with Crippen molar-refractivity contribution in [3.63, 3.8) is 0 Å². The third-order valence-corrected chi connectivity index (χ3v) is 4.32. The highest BCUT2D eigenvalue weighted by atomic mass is 32.2. The van der Waals surface area contributed by atoms with Gasteiger partial charge in [0.2, 0.25) is 0 Å². The van der Waals surface area contributed by atoms with Crippen LogP contribution in [0.2, 0.25) is 0 Å². The van der Waals surface area contributed by atoms with Gasteiger partial charge in [0, 0.05) is 24.5 Å². The number of carbonyl (C=O) groups is 1. The van der Waals surface area contributed by atoms with Crippen molar-refractivity contribution in [2.45, 2.75) is 26.4 Å². The van der Waals surface area contributed by atoms with E-state index in [9.17, 15) is 13.2 Å². The quantitative estimate of drug-likeness (QED) is 0.786. The zero-order valence-electron chi connectivity index (χ0n) is 11.5. The standard InChI is InChI=1S/C13H20N2O4S/c1-2-3-8-20(17,18)9-7-15-13(16)19-11-12-5-4-6-14-10-12/h4-6,10H,2-3,7-9,11H2,1H3,(H,15,16). The van der Waals surface area contributed by atoms with Gasteiger partial charge in [-0.05, 0) is 12.5 Å². The molecule has 0 fully saturated rings. The summed E-state index contributed by atoms with van der Waals surface area (Å²) in [6.45, 7) is 2.11. The minimum absolute atomic E-state index is 0.0605. The predicted molar refractivity (Wildman–Crippen MR) is 76.0 cm³/mol. The largest absolute Gasteiger partial charge is 0.445 e. The van der Waals surface area contributed by atoms with Crippen molar-refractivity contribution in [1.29, 1.82) is 0 Å². The first-order chi connectivity index (χ1) is 9.53. The summed E-state index contributed by atoms with van der Waals surface area (Å²) in [7, 11) is -3.09. The summed E-state index contributed by atoms with van der Waals surface area (Å²) in [6.07, 6.45) is 4.08. The van der Waals surface area contributed by atoms with Crippen LogP contribution in [0.25, 0.3) is 0 Å². The van der Waals surface area contributed by atoms with Crippen LogP contribution in [0.3, 0.4) is 0 Å². The molecule has 0 radical (unpaired) electrons. The SMILES string of the molecule is CCCCS(=O)(=O)CCNC(=O)OCc1cccnc1. The van der Waals surface area contributed by atoms with E-state index < -0.39 is 15.9 Å². The van der Waals surface area contributed by atoms with Crippen LogP contribution in [0, 0.1) is 0 Å². The number of aromatic nitrogens is 1. The van der Waals surface area contributed by atoms with Gasteiger partial charge in [-0.2, -0.15) is 0 Å². The third-order valence-electron chi connectivity index (χ3n) is 2.58. The Morgan fingerprint density at radius 2 is 2.20 bits per heavy atom. The van der Waals surface area contributed by atoms with Crippen molar-refractivity contribution in [1.82, 2.24) is 10.3 Å². The Labute approximate surface area is 119 Å². The van der Waals surface area contributed by atoms with Gasteiger partial charge in [0.25, 0.3) is 0 Å². The fraction of sp³-hybridized carbons (Fsp3) is 0.538. The summed E-state index contributed by atoms with van der Waals surface area (Å²) in [6, 6.07) is 3.53. The average molecular weight is 300 g/mol. The number of carbonyl (C=O) groups excluding carboxylic acids is 1. The molecule has 1 heterocycles. The van der Waals surface area contributed by atoms with Crippen LogP contribution in [-0.2, 0) is 21.2 Å². The van der Waals surface area contributed by atoms with Crippen LogP contribution in [0.15, 0.2) is 24.5 Å². The first-order valence-electron chi connectivity index (χ1n) is 6.53. The lowest BCUT2D eigenvalue weighted by Gasteiger charge is -2.07. The third kappa shape index (κ3) is 7.08. The van der Waals surface area contributed by atoms with E-state index in [1.54, 1.807) is 24.5 Å². The number of amides is 1. The van der Waals surface area contributed by atoms with E-state index in [0.717, 1.165) is 12.0 Å². The van der Waals surface area contributed by atoms with E-state index in [1.165, 1.54) is 0 Å². The molecule has 0 aliphatic carbocycles. The lowest BCUT2D eigenvalue weighted by atomic mass is 10.3.